The molecular weight excluding hydrogens is 498 g/mol. The summed E-state index contributed by atoms with van der Waals surface area (Å²) in [6.45, 7) is 6.34. The lowest BCUT2D eigenvalue weighted by molar-refractivity contribution is -0.152. The van der Waals surface area contributed by atoms with Crippen molar-refractivity contribution in [2.75, 3.05) is 25.0 Å². The molecular formula is C32H40F2N2O3. The molecule has 0 radical (unpaired) electrons. The van der Waals surface area contributed by atoms with Crippen molar-refractivity contribution >= 4 is 17.6 Å². The first-order chi connectivity index (χ1) is 18.8. The molecule has 1 aliphatic heterocycles. The van der Waals surface area contributed by atoms with Crippen molar-refractivity contribution in [2.24, 2.45) is 17.8 Å². The van der Waals surface area contributed by atoms with Crippen LogP contribution >= 0.6 is 0 Å². The molecule has 39 heavy (non-hydrogen) atoms. The largest absolute Gasteiger partial charge is 0.466 e. The normalized spacial score (nSPS) is 26.3. The van der Waals surface area contributed by atoms with Crippen molar-refractivity contribution in [1.29, 1.82) is 0 Å². The summed E-state index contributed by atoms with van der Waals surface area (Å²) in [5, 5.41) is 2.84. The Morgan fingerprint density at radius 2 is 1.62 bits per heavy atom. The van der Waals surface area contributed by atoms with E-state index in [1.807, 2.05) is 6.92 Å². The number of anilines is 1. The Bertz CT molecular complexity index is 1160. The lowest BCUT2D eigenvalue weighted by atomic mass is 9.68. The second kappa shape index (κ2) is 11.7. The molecule has 1 N–H and O–H groups in total. The van der Waals surface area contributed by atoms with Gasteiger partial charge in [0.2, 0.25) is 5.91 Å². The summed E-state index contributed by atoms with van der Waals surface area (Å²) in [5.41, 5.74) is 2.13. The Morgan fingerprint density at radius 1 is 0.974 bits per heavy atom. The zero-order valence-electron chi connectivity index (χ0n) is 23.1. The van der Waals surface area contributed by atoms with Gasteiger partial charge >= 0.3 is 5.97 Å². The van der Waals surface area contributed by atoms with Crippen molar-refractivity contribution in [3.8, 4) is 0 Å². The first-order valence-corrected chi connectivity index (χ1v) is 14.6. The third-order valence-electron chi connectivity index (χ3n) is 9.70. The number of benzene rings is 2. The number of rotatable bonds is 8. The molecule has 5 rings (SSSR count). The average molecular weight is 539 g/mol. The van der Waals surface area contributed by atoms with Crippen LogP contribution in [0.15, 0.2) is 42.5 Å². The molecule has 1 amide bonds. The van der Waals surface area contributed by atoms with E-state index in [2.05, 4.69) is 17.1 Å². The number of carbonyl (C=O) groups excluding carboxylic acids is 2. The number of esters is 1. The van der Waals surface area contributed by atoms with Crippen molar-refractivity contribution in [3.63, 3.8) is 0 Å². The molecule has 2 atom stereocenters. The second-order valence-corrected chi connectivity index (χ2v) is 11.7. The van der Waals surface area contributed by atoms with Crippen LogP contribution in [0.4, 0.5) is 14.5 Å². The van der Waals surface area contributed by atoms with Crippen LogP contribution < -0.4 is 5.32 Å². The number of piperidine rings is 1. The standard InChI is InChI=1S/C32H40F2N2O3/c1-3-32(28-20-25(34)8-7-21(28)19-29(37)35-26-11-9-24(33)10-12-26)13-15-36(16-14-32)27-17-22-5-6-23(18-27)30(22)31(38)39-4-2/h7-12,20,22-23,27,30H,3-6,13-19H2,1-2H3,(H,35,37). The van der Waals surface area contributed by atoms with Gasteiger partial charge in [0, 0.05) is 11.7 Å². The first-order valence-electron chi connectivity index (χ1n) is 14.6. The molecule has 2 bridgehead atoms. The number of hydrogen-bond acceptors (Lipinski definition) is 4. The van der Waals surface area contributed by atoms with Gasteiger partial charge in [-0.25, -0.2) is 8.78 Å². The zero-order valence-corrected chi connectivity index (χ0v) is 23.1. The molecule has 1 heterocycles. The van der Waals surface area contributed by atoms with E-state index < -0.39 is 0 Å². The zero-order chi connectivity index (χ0) is 27.6. The van der Waals surface area contributed by atoms with E-state index in [0.29, 0.717) is 30.2 Å². The van der Waals surface area contributed by atoms with E-state index >= 15 is 0 Å². The van der Waals surface area contributed by atoms with E-state index in [1.165, 1.54) is 30.3 Å². The van der Waals surface area contributed by atoms with Gasteiger partial charge in [-0.1, -0.05) is 13.0 Å². The van der Waals surface area contributed by atoms with Crippen LogP contribution in [0.3, 0.4) is 0 Å². The minimum absolute atomic E-state index is 0.00538. The highest BCUT2D eigenvalue weighted by Crippen LogP contribution is 2.50. The Labute approximate surface area is 230 Å². The fourth-order valence-electron chi connectivity index (χ4n) is 7.66. The fourth-order valence-corrected chi connectivity index (χ4v) is 7.66. The van der Waals surface area contributed by atoms with Gasteiger partial charge in [0.1, 0.15) is 11.6 Å². The molecule has 2 saturated carbocycles. The number of fused-ring (bicyclic) bond motifs is 2. The van der Waals surface area contributed by atoms with Crippen molar-refractivity contribution in [3.05, 3.63) is 65.2 Å². The number of carbonyl (C=O) groups is 2. The molecule has 2 unspecified atom stereocenters. The van der Waals surface area contributed by atoms with Gasteiger partial charge in [-0.15, -0.1) is 0 Å². The molecule has 3 fully saturated rings. The summed E-state index contributed by atoms with van der Waals surface area (Å²) in [5.74, 6) is 0.0552. The molecule has 5 nitrogen and oxygen atoms in total. The van der Waals surface area contributed by atoms with E-state index in [0.717, 1.165) is 69.2 Å². The topological polar surface area (TPSA) is 58.6 Å². The Hall–Kier alpha value is -2.80. The minimum atomic E-state index is -0.357. The van der Waals surface area contributed by atoms with E-state index in [4.69, 9.17) is 4.74 Å². The highest BCUT2D eigenvalue weighted by atomic mass is 19.1. The summed E-state index contributed by atoms with van der Waals surface area (Å²) in [6.07, 6.45) is 7.16. The molecule has 2 aromatic rings. The SMILES string of the molecule is CCOC(=O)C1C2CCC1CC(N1CCC(CC)(c3cc(F)ccc3CC(=O)Nc3ccc(F)cc3)CC1)C2. The Morgan fingerprint density at radius 3 is 2.23 bits per heavy atom. The van der Waals surface area contributed by atoms with Crippen molar-refractivity contribution < 1.29 is 23.1 Å². The maximum atomic E-state index is 14.6. The van der Waals surface area contributed by atoms with Gasteiger partial charge < -0.3 is 15.0 Å². The number of amides is 1. The lowest BCUT2D eigenvalue weighted by Crippen LogP contribution is -2.50. The highest BCUT2D eigenvalue weighted by Gasteiger charge is 2.49. The van der Waals surface area contributed by atoms with Crippen LogP contribution in [0.2, 0.25) is 0 Å². The number of likely N-dealkylation sites (tertiary alicyclic amines) is 1. The predicted octanol–water partition coefficient (Wildman–Crippen LogP) is 6.26. The fraction of sp³-hybridized carbons (Fsp3) is 0.562. The number of hydrogen-bond donors (Lipinski definition) is 1. The highest BCUT2D eigenvalue weighted by molar-refractivity contribution is 5.92. The summed E-state index contributed by atoms with van der Waals surface area (Å²) < 4.78 is 33.2. The summed E-state index contributed by atoms with van der Waals surface area (Å²) >= 11 is 0. The van der Waals surface area contributed by atoms with Crippen molar-refractivity contribution in [2.45, 2.75) is 76.7 Å². The Kier molecular flexibility index (Phi) is 8.36. The third kappa shape index (κ3) is 5.88. The van der Waals surface area contributed by atoms with Crippen LogP contribution in [0.1, 0.15) is 69.9 Å². The van der Waals surface area contributed by atoms with E-state index in [-0.39, 0.29) is 41.3 Å². The third-order valence-corrected chi connectivity index (χ3v) is 9.70. The number of ether oxygens (including phenoxy) is 1. The van der Waals surface area contributed by atoms with Gasteiger partial charge in [0.05, 0.1) is 18.9 Å². The van der Waals surface area contributed by atoms with Crippen LogP contribution in [0.25, 0.3) is 0 Å². The van der Waals surface area contributed by atoms with Gasteiger partial charge in [-0.05, 0) is 130 Å². The van der Waals surface area contributed by atoms with Gasteiger partial charge in [0.25, 0.3) is 0 Å². The first kappa shape index (κ1) is 27.8. The molecule has 2 aliphatic carbocycles. The van der Waals surface area contributed by atoms with Crippen LogP contribution in [0.5, 0.6) is 0 Å². The minimum Gasteiger partial charge on any atom is -0.466 e. The quantitative estimate of drug-likeness (QED) is 0.403. The monoisotopic (exact) mass is 538 g/mol. The lowest BCUT2D eigenvalue weighted by Gasteiger charge is -2.47. The number of nitrogens with one attached hydrogen (secondary N) is 1. The molecule has 0 aromatic heterocycles. The molecule has 2 aromatic carbocycles. The van der Waals surface area contributed by atoms with E-state index in [9.17, 15) is 18.4 Å². The van der Waals surface area contributed by atoms with Crippen LogP contribution in [-0.2, 0) is 26.2 Å². The maximum Gasteiger partial charge on any atom is 0.309 e. The van der Waals surface area contributed by atoms with Gasteiger partial charge in [-0.3, -0.25) is 9.59 Å². The summed E-state index contributed by atoms with van der Waals surface area (Å²) in [6, 6.07) is 11.0. The molecule has 210 valence electrons. The predicted molar refractivity (Wildman–Crippen MR) is 147 cm³/mol. The number of halogens is 2. The Balaban J connectivity index is 1.26. The maximum absolute atomic E-state index is 14.6. The molecule has 1 saturated heterocycles. The average Bonchev–Trinajstić information content (AvgIpc) is 3.20. The molecule has 3 aliphatic rings. The smallest absolute Gasteiger partial charge is 0.309 e. The summed E-state index contributed by atoms with van der Waals surface area (Å²) in [4.78, 5) is 28.0. The van der Waals surface area contributed by atoms with Gasteiger partial charge in [0.15, 0.2) is 0 Å². The number of nitrogens with zero attached hydrogens (tertiary/aromatic N) is 1. The van der Waals surface area contributed by atoms with E-state index in [1.54, 1.807) is 12.1 Å². The summed E-state index contributed by atoms with van der Waals surface area (Å²) in [7, 11) is 0. The van der Waals surface area contributed by atoms with Gasteiger partial charge in [-0.2, -0.15) is 0 Å². The molecule has 7 heteroatoms. The van der Waals surface area contributed by atoms with Crippen LogP contribution in [-0.4, -0.2) is 42.5 Å². The van der Waals surface area contributed by atoms with Crippen molar-refractivity contribution in [1.82, 2.24) is 4.90 Å². The second-order valence-electron chi connectivity index (χ2n) is 11.7. The molecule has 0 spiro atoms. The van der Waals surface area contributed by atoms with Crippen LogP contribution in [0, 0.1) is 29.4 Å².